The van der Waals surface area contributed by atoms with E-state index in [0.29, 0.717) is 0 Å². The van der Waals surface area contributed by atoms with Crippen LogP contribution in [0.1, 0.15) is 18.5 Å². The van der Waals surface area contributed by atoms with Gasteiger partial charge in [-0.3, -0.25) is 0 Å². The molecule has 2 N–H and O–H groups in total. The molecule has 1 aromatic rings. The van der Waals surface area contributed by atoms with Crippen LogP contribution in [0.4, 0.5) is 13.2 Å². The predicted molar refractivity (Wildman–Crippen MR) is 68.7 cm³/mol. The molecule has 1 atom stereocenters. The maximum atomic E-state index is 13.6. The SMILES string of the molecule is CCOC(=O)C(F)(F)[C@@H](N)c1ccc(OC)cc1F.Cl. The topological polar surface area (TPSA) is 61.5 Å². The van der Waals surface area contributed by atoms with Gasteiger partial charge in [0.15, 0.2) is 0 Å². The molecule has 0 heterocycles. The summed E-state index contributed by atoms with van der Waals surface area (Å²) < 4.78 is 49.9. The van der Waals surface area contributed by atoms with E-state index in [1.54, 1.807) is 0 Å². The lowest BCUT2D eigenvalue weighted by Crippen LogP contribution is -2.42. The molecule has 0 aliphatic heterocycles. The van der Waals surface area contributed by atoms with Crippen LogP contribution < -0.4 is 10.5 Å². The third-order valence-corrected chi connectivity index (χ3v) is 2.48. The highest BCUT2D eigenvalue weighted by molar-refractivity contribution is 5.85. The van der Waals surface area contributed by atoms with Gasteiger partial charge < -0.3 is 15.2 Å². The van der Waals surface area contributed by atoms with Crippen molar-refractivity contribution in [3.8, 4) is 5.75 Å². The largest absolute Gasteiger partial charge is 0.497 e. The lowest BCUT2D eigenvalue weighted by molar-refractivity contribution is -0.174. The van der Waals surface area contributed by atoms with E-state index in [0.717, 1.165) is 12.1 Å². The molecule has 0 spiro atoms. The molecule has 0 fully saturated rings. The van der Waals surface area contributed by atoms with Crippen LogP contribution in [-0.2, 0) is 9.53 Å². The fourth-order valence-corrected chi connectivity index (χ4v) is 1.44. The summed E-state index contributed by atoms with van der Waals surface area (Å²) in [5, 5.41) is 0. The number of carbonyl (C=O) groups excluding carboxylic acids is 1. The molecule has 0 bridgehead atoms. The number of nitrogens with two attached hydrogens (primary N) is 1. The van der Waals surface area contributed by atoms with Crippen LogP contribution in [0, 0.1) is 5.82 Å². The summed E-state index contributed by atoms with van der Waals surface area (Å²) in [6.07, 6.45) is 0. The molecule has 1 rings (SSSR count). The molecule has 0 saturated heterocycles. The number of hydrogen-bond donors (Lipinski definition) is 1. The van der Waals surface area contributed by atoms with Gasteiger partial charge >= 0.3 is 11.9 Å². The van der Waals surface area contributed by atoms with Crippen LogP contribution in [-0.4, -0.2) is 25.6 Å². The summed E-state index contributed by atoms with van der Waals surface area (Å²) in [7, 11) is 1.31. The fourth-order valence-electron chi connectivity index (χ4n) is 1.44. The summed E-state index contributed by atoms with van der Waals surface area (Å²) in [6.45, 7) is 1.17. The molecule has 0 unspecified atom stereocenters. The quantitative estimate of drug-likeness (QED) is 0.848. The summed E-state index contributed by atoms with van der Waals surface area (Å²) in [6, 6.07) is 1.11. The normalized spacial score (nSPS) is 12.3. The first-order valence-corrected chi connectivity index (χ1v) is 5.48. The minimum Gasteiger partial charge on any atom is -0.497 e. The van der Waals surface area contributed by atoms with Gasteiger partial charge in [-0.1, -0.05) is 6.07 Å². The second kappa shape index (κ2) is 7.35. The van der Waals surface area contributed by atoms with Crippen molar-refractivity contribution in [2.45, 2.75) is 18.9 Å². The van der Waals surface area contributed by atoms with Crippen LogP contribution in [0.2, 0.25) is 0 Å². The van der Waals surface area contributed by atoms with Gasteiger partial charge in [0, 0.05) is 11.6 Å². The molecule has 0 aliphatic rings. The van der Waals surface area contributed by atoms with Crippen molar-refractivity contribution in [3.05, 3.63) is 29.6 Å². The zero-order chi connectivity index (χ0) is 14.6. The van der Waals surface area contributed by atoms with E-state index < -0.39 is 29.3 Å². The van der Waals surface area contributed by atoms with Crippen LogP contribution in [0.5, 0.6) is 5.75 Å². The monoisotopic (exact) mass is 313 g/mol. The summed E-state index contributed by atoms with van der Waals surface area (Å²) in [5.41, 5.74) is 4.78. The first-order valence-electron chi connectivity index (χ1n) is 5.48. The molecular formula is C12H15ClF3NO3. The number of ether oxygens (including phenoxy) is 2. The van der Waals surface area contributed by atoms with Crippen LogP contribution >= 0.6 is 12.4 Å². The van der Waals surface area contributed by atoms with Crippen LogP contribution in [0.15, 0.2) is 18.2 Å². The van der Waals surface area contributed by atoms with Gasteiger partial charge in [0.25, 0.3) is 0 Å². The lowest BCUT2D eigenvalue weighted by Gasteiger charge is -2.22. The molecule has 0 saturated carbocycles. The van der Waals surface area contributed by atoms with Crippen LogP contribution in [0.25, 0.3) is 0 Å². The molecule has 1 aromatic carbocycles. The molecule has 0 aliphatic carbocycles. The van der Waals surface area contributed by atoms with Crippen molar-refractivity contribution in [1.82, 2.24) is 0 Å². The second-order valence-electron chi connectivity index (χ2n) is 3.71. The second-order valence-corrected chi connectivity index (χ2v) is 3.71. The Labute approximate surface area is 120 Å². The van der Waals surface area contributed by atoms with Gasteiger partial charge in [-0.25, -0.2) is 9.18 Å². The first kappa shape index (κ1) is 18.5. The third kappa shape index (κ3) is 3.77. The number of methoxy groups -OCH3 is 1. The number of alkyl halides is 2. The van der Waals surface area contributed by atoms with Crippen molar-refractivity contribution >= 4 is 18.4 Å². The van der Waals surface area contributed by atoms with Gasteiger partial charge in [-0.15, -0.1) is 12.4 Å². The molecule has 4 nitrogen and oxygen atoms in total. The van der Waals surface area contributed by atoms with E-state index in [2.05, 4.69) is 4.74 Å². The molecule has 8 heteroatoms. The molecule has 0 amide bonds. The lowest BCUT2D eigenvalue weighted by atomic mass is 10.0. The highest BCUT2D eigenvalue weighted by Gasteiger charge is 2.48. The Bertz CT molecular complexity index is 471. The number of halogens is 4. The predicted octanol–water partition coefficient (Wildman–Crippen LogP) is 2.45. The standard InChI is InChI=1S/C12H14F3NO3.ClH/c1-3-19-11(17)12(14,15)10(16)8-5-4-7(18-2)6-9(8)13;/h4-6,10H,3,16H2,1-2H3;1H/t10-;/m0./s1. The Morgan fingerprint density at radius 2 is 2.05 bits per heavy atom. The smallest absolute Gasteiger partial charge is 0.379 e. The average Bonchev–Trinajstić information content (AvgIpc) is 2.37. The Balaban J connectivity index is 0.00000361. The highest BCUT2D eigenvalue weighted by atomic mass is 35.5. The minimum absolute atomic E-state index is 0. The summed E-state index contributed by atoms with van der Waals surface area (Å²) in [5.74, 6) is -6.60. The van der Waals surface area contributed by atoms with Crippen LogP contribution in [0.3, 0.4) is 0 Å². The molecule has 0 radical (unpaired) electrons. The van der Waals surface area contributed by atoms with Crippen molar-refractivity contribution in [2.75, 3.05) is 13.7 Å². The van der Waals surface area contributed by atoms with Crippen molar-refractivity contribution in [1.29, 1.82) is 0 Å². The number of carbonyl (C=O) groups is 1. The van der Waals surface area contributed by atoms with Crippen molar-refractivity contribution in [3.63, 3.8) is 0 Å². The Morgan fingerprint density at radius 1 is 1.45 bits per heavy atom. The van der Waals surface area contributed by atoms with E-state index >= 15 is 0 Å². The number of rotatable bonds is 5. The zero-order valence-corrected chi connectivity index (χ0v) is 11.7. The van der Waals surface area contributed by atoms with Crippen molar-refractivity contribution in [2.24, 2.45) is 5.73 Å². The van der Waals surface area contributed by atoms with E-state index in [9.17, 15) is 18.0 Å². The van der Waals surface area contributed by atoms with Gasteiger partial charge in [0.05, 0.1) is 13.7 Å². The highest BCUT2D eigenvalue weighted by Crippen LogP contribution is 2.33. The van der Waals surface area contributed by atoms with E-state index in [-0.39, 0.29) is 24.8 Å². The molecule has 114 valence electrons. The number of hydrogen-bond acceptors (Lipinski definition) is 4. The first-order chi connectivity index (χ1) is 8.84. The zero-order valence-electron chi connectivity index (χ0n) is 10.9. The van der Waals surface area contributed by atoms with E-state index in [1.807, 2.05) is 0 Å². The summed E-state index contributed by atoms with van der Waals surface area (Å²) in [4.78, 5) is 11.1. The van der Waals surface area contributed by atoms with Crippen molar-refractivity contribution < 1.29 is 27.4 Å². The average molecular weight is 314 g/mol. The van der Waals surface area contributed by atoms with E-state index in [1.165, 1.54) is 20.1 Å². The summed E-state index contributed by atoms with van der Waals surface area (Å²) >= 11 is 0. The fraction of sp³-hybridized carbons (Fsp3) is 0.417. The van der Waals surface area contributed by atoms with Gasteiger partial charge in [0.2, 0.25) is 0 Å². The minimum atomic E-state index is -4.01. The number of benzene rings is 1. The number of esters is 1. The van der Waals surface area contributed by atoms with Gasteiger partial charge in [-0.05, 0) is 13.0 Å². The molecular weight excluding hydrogens is 299 g/mol. The molecule has 20 heavy (non-hydrogen) atoms. The third-order valence-electron chi connectivity index (χ3n) is 2.48. The van der Waals surface area contributed by atoms with Gasteiger partial charge in [0.1, 0.15) is 17.6 Å². The molecule has 0 aromatic heterocycles. The van der Waals surface area contributed by atoms with E-state index in [4.69, 9.17) is 10.5 Å². The Kier molecular flexibility index (Phi) is 6.81. The van der Waals surface area contributed by atoms with Gasteiger partial charge in [-0.2, -0.15) is 8.78 Å². The maximum absolute atomic E-state index is 13.6. The Morgan fingerprint density at radius 3 is 2.50 bits per heavy atom. The Hall–Kier alpha value is -1.47. The maximum Gasteiger partial charge on any atom is 0.379 e.